The maximum atomic E-state index is 10.5. The van der Waals surface area contributed by atoms with E-state index in [9.17, 15) is 5.11 Å². The second kappa shape index (κ2) is 5.63. The Morgan fingerprint density at radius 2 is 2.16 bits per heavy atom. The molecule has 19 heavy (non-hydrogen) atoms. The van der Waals surface area contributed by atoms with Crippen LogP contribution in [0.4, 0.5) is 11.5 Å². The summed E-state index contributed by atoms with van der Waals surface area (Å²) in [6.07, 6.45) is 1.25. The maximum absolute atomic E-state index is 10.5. The van der Waals surface area contributed by atoms with Crippen molar-refractivity contribution in [3.8, 4) is 5.88 Å². The number of likely N-dealkylation sites (N-methyl/N-ethyl adjacent to an activating group) is 1. The lowest BCUT2D eigenvalue weighted by atomic mass is 9.94. The Bertz CT molecular complexity index is 433. The molecule has 0 aromatic carbocycles. The first-order valence-corrected chi connectivity index (χ1v) is 6.36. The number of nitrogen functional groups attached to an aromatic ring is 1. The van der Waals surface area contributed by atoms with Gasteiger partial charge in [0, 0.05) is 45.7 Å². The Morgan fingerprint density at radius 1 is 1.47 bits per heavy atom. The van der Waals surface area contributed by atoms with E-state index in [0.717, 1.165) is 0 Å². The van der Waals surface area contributed by atoms with Crippen LogP contribution in [0.1, 0.15) is 12.8 Å². The molecule has 2 heterocycles. The Kier molecular flexibility index (Phi) is 4.11. The Morgan fingerprint density at radius 3 is 2.79 bits per heavy atom. The lowest BCUT2D eigenvalue weighted by Crippen LogP contribution is -2.46. The van der Waals surface area contributed by atoms with Gasteiger partial charge in [-0.3, -0.25) is 0 Å². The van der Waals surface area contributed by atoms with Crippen molar-refractivity contribution in [2.75, 3.05) is 44.5 Å². The number of rotatable bonds is 4. The molecule has 0 unspecified atom stereocenters. The third kappa shape index (κ3) is 3.27. The molecule has 3 N–H and O–H groups in total. The summed E-state index contributed by atoms with van der Waals surface area (Å²) in [4.78, 5) is 6.19. The van der Waals surface area contributed by atoms with E-state index >= 15 is 0 Å². The van der Waals surface area contributed by atoms with Crippen LogP contribution in [0.15, 0.2) is 12.1 Å². The molecule has 1 aromatic heterocycles. The van der Waals surface area contributed by atoms with Crippen molar-refractivity contribution in [2.45, 2.75) is 18.4 Å². The number of aromatic nitrogens is 1. The standard InChI is InChI=1S/C13H21N3O3/c1-16(9-13(17)5-7-19-8-6-13)12-10(14)3-4-11(15-12)18-2/h3-4,17H,5-9,14H2,1-2H3. The van der Waals surface area contributed by atoms with Gasteiger partial charge in [-0.1, -0.05) is 0 Å². The highest BCUT2D eigenvalue weighted by atomic mass is 16.5. The zero-order chi connectivity index (χ0) is 13.9. The lowest BCUT2D eigenvalue weighted by molar-refractivity contribution is -0.0573. The van der Waals surface area contributed by atoms with Gasteiger partial charge in [-0.05, 0) is 6.07 Å². The lowest BCUT2D eigenvalue weighted by Gasteiger charge is -2.36. The highest BCUT2D eigenvalue weighted by molar-refractivity contribution is 5.63. The number of nitrogens with two attached hydrogens (primary N) is 1. The fourth-order valence-electron chi connectivity index (χ4n) is 2.29. The fourth-order valence-corrected chi connectivity index (χ4v) is 2.29. The third-order valence-corrected chi connectivity index (χ3v) is 3.41. The van der Waals surface area contributed by atoms with Crippen molar-refractivity contribution in [3.05, 3.63) is 12.1 Å². The number of ether oxygens (including phenoxy) is 2. The van der Waals surface area contributed by atoms with Gasteiger partial charge in [0.25, 0.3) is 0 Å². The minimum atomic E-state index is -0.746. The van der Waals surface area contributed by atoms with Crippen LogP contribution in [0, 0.1) is 0 Å². The molecule has 106 valence electrons. The summed E-state index contributed by atoms with van der Waals surface area (Å²) in [7, 11) is 3.43. The predicted molar refractivity (Wildman–Crippen MR) is 73.5 cm³/mol. The zero-order valence-electron chi connectivity index (χ0n) is 11.4. The molecule has 0 saturated carbocycles. The van der Waals surface area contributed by atoms with E-state index in [1.807, 2.05) is 11.9 Å². The molecule has 0 spiro atoms. The highest BCUT2D eigenvalue weighted by Gasteiger charge is 2.31. The molecule has 0 amide bonds. The van der Waals surface area contributed by atoms with Gasteiger partial charge in [0.05, 0.1) is 18.4 Å². The number of hydrogen-bond acceptors (Lipinski definition) is 6. The summed E-state index contributed by atoms with van der Waals surface area (Å²) in [6, 6.07) is 3.47. The molecule has 0 radical (unpaired) electrons. The van der Waals surface area contributed by atoms with Crippen LogP contribution in [0.5, 0.6) is 5.88 Å². The van der Waals surface area contributed by atoms with Crippen molar-refractivity contribution < 1.29 is 14.6 Å². The molecular formula is C13H21N3O3. The molecule has 1 saturated heterocycles. The highest BCUT2D eigenvalue weighted by Crippen LogP contribution is 2.27. The van der Waals surface area contributed by atoms with E-state index in [1.54, 1.807) is 19.2 Å². The van der Waals surface area contributed by atoms with Crippen molar-refractivity contribution in [2.24, 2.45) is 0 Å². The van der Waals surface area contributed by atoms with E-state index in [-0.39, 0.29) is 0 Å². The number of aliphatic hydroxyl groups is 1. The minimum absolute atomic E-state index is 0.473. The van der Waals surface area contributed by atoms with E-state index in [2.05, 4.69) is 4.98 Å². The molecule has 1 aromatic rings. The first-order chi connectivity index (χ1) is 9.04. The summed E-state index contributed by atoms with van der Waals surface area (Å²) >= 11 is 0. The number of nitrogens with zero attached hydrogens (tertiary/aromatic N) is 2. The molecule has 1 aliphatic heterocycles. The first kappa shape index (κ1) is 13.9. The van der Waals surface area contributed by atoms with Gasteiger partial charge in [0.2, 0.25) is 5.88 Å². The van der Waals surface area contributed by atoms with E-state index in [1.165, 1.54) is 0 Å². The van der Waals surface area contributed by atoms with Crippen LogP contribution >= 0.6 is 0 Å². The molecule has 1 aliphatic rings. The number of pyridine rings is 1. The normalized spacial score (nSPS) is 18.1. The van der Waals surface area contributed by atoms with Crippen molar-refractivity contribution in [3.63, 3.8) is 0 Å². The fraction of sp³-hybridized carbons (Fsp3) is 0.615. The van der Waals surface area contributed by atoms with Crippen LogP contribution in [-0.2, 0) is 4.74 Å². The molecule has 6 nitrogen and oxygen atoms in total. The molecule has 6 heteroatoms. The number of hydrogen-bond donors (Lipinski definition) is 2. The average molecular weight is 267 g/mol. The third-order valence-electron chi connectivity index (χ3n) is 3.41. The van der Waals surface area contributed by atoms with Gasteiger partial charge in [-0.2, -0.15) is 4.98 Å². The monoisotopic (exact) mass is 267 g/mol. The summed E-state index contributed by atoms with van der Waals surface area (Å²) < 4.78 is 10.4. The van der Waals surface area contributed by atoms with Crippen LogP contribution in [0.2, 0.25) is 0 Å². The first-order valence-electron chi connectivity index (χ1n) is 6.36. The van der Waals surface area contributed by atoms with Crippen LogP contribution in [0.25, 0.3) is 0 Å². The largest absolute Gasteiger partial charge is 0.481 e. The van der Waals surface area contributed by atoms with Crippen molar-refractivity contribution >= 4 is 11.5 Å². The van der Waals surface area contributed by atoms with Crippen LogP contribution in [-0.4, -0.2) is 49.6 Å². The summed E-state index contributed by atoms with van der Waals surface area (Å²) in [6.45, 7) is 1.65. The second-order valence-corrected chi connectivity index (χ2v) is 4.96. The maximum Gasteiger partial charge on any atom is 0.215 e. The number of anilines is 2. The minimum Gasteiger partial charge on any atom is -0.481 e. The Balaban J connectivity index is 2.12. The van der Waals surface area contributed by atoms with Gasteiger partial charge < -0.3 is 25.2 Å². The number of methoxy groups -OCH3 is 1. The van der Waals surface area contributed by atoms with E-state index in [0.29, 0.717) is 50.0 Å². The average Bonchev–Trinajstić information content (AvgIpc) is 2.39. The second-order valence-electron chi connectivity index (χ2n) is 4.96. The molecule has 2 rings (SSSR count). The smallest absolute Gasteiger partial charge is 0.215 e. The molecule has 1 fully saturated rings. The Labute approximate surface area is 113 Å². The summed E-state index contributed by atoms with van der Waals surface area (Å²) in [5.74, 6) is 1.13. The topological polar surface area (TPSA) is 80.8 Å². The van der Waals surface area contributed by atoms with Gasteiger partial charge in [-0.15, -0.1) is 0 Å². The predicted octanol–water partition coefficient (Wildman–Crippen LogP) is 0.650. The molecule has 0 aliphatic carbocycles. The van der Waals surface area contributed by atoms with E-state index in [4.69, 9.17) is 15.2 Å². The summed E-state index contributed by atoms with van der Waals surface area (Å²) in [5, 5.41) is 10.5. The van der Waals surface area contributed by atoms with Gasteiger partial charge >= 0.3 is 0 Å². The van der Waals surface area contributed by atoms with Crippen molar-refractivity contribution in [1.29, 1.82) is 0 Å². The Hall–Kier alpha value is -1.53. The SMILES string of the molecule is COc1ccc(N)c(N(C)CC2(O)CCOCC2)n1. The van der Waals surface area contributed by atoms with E-state index < -0.39 is 5.60 Å². The van der Waals surface area contributed by atoms with Gasteiger partial charge in [0.1, 0.15) is 0 Å². The van der Waals surface area contributed by atoms with Crippen LogP contribution < -0.4 is 15.4 Å². The molecular weight excluding hydrogens is 246 g/mol. The quantitative estimate of drug-likeness (QED) is 0.833. The molecule has 0 bridgehead atoms. The summed E-state index contributed by atoms with van der Waals surface area (Å²) in [5.41, 5.74) is 5.75. The van der Waals surface area contributed by atoms with Crippen molar-refractivity contribution in [1.82, 2.24) is 4.98 Å². The van der Waals surface area contributed by atoms with Gasteiger partial charge in [-0.25, -0.2) is 0 Å². The van der Waals surface area contributed by atoms with Crippen LogP contribution in [0.3, 0.4) is 0 Å². The zero-order valence-corrected chi connectivity index (χ0v) is 11.4. The molecule has 0 atom stereocenters. The van der Waals surface area contributed by atoms with Gasteiger partial charge in [0.15, 0.2) is 5.82 Å².